The molecule has 0 radical (unpaired) electrons. The van der Waals surface area contributed by atoms with Crippen LogP contribution >= 0.6 is 15.9 Å². The first-order valence-corrected chi connectivity index (χ1v) is 11.0. The Balaban J connectivity index is 1.53. The fourth-order valence-electron chi connectivity index (χ4n) is 3.17. The molecule has 8 nitrogen and oxygen atoms in total. The van der Waals surface area contributed by atoms with Crippen LogP contribution in [0.2, 0.25) is 0 Å². The third-order valence-electron chi connectivity index (χ3n) is 4.57. The van der Waals surface area contributed by atoms with Crippen LogP contribution in [-0.4, -0.2) is 58.7 Å². The molecule has 1 aliphatic rings. The number of nitrogens with zero attached hydrogens (tertiary/aromatic N) is 6. The van der Waals surface area contributed by atoms with E-state index in [1.165, 1.54) is 4.31 Å². The number of hydrogen-bond donors (Lipinski definition) is 0. The predicted octanol–water partition coefficient (Wildman–Crippen LogP) is 2.24. The van der Waals surface area contributed by atoms with Gasteiger partial charge in [-0.05, 0) is 41.1 Å². The summed E-state index contributed by atoms with van der Waals surface area (Å²) in [7, 11) is -3.54. The van der Waals surface area contributed by atoms with Crippen LogP contribution < -0.4 is 4.90 Å². The van der Waals surface area contributed by atoms with Crippen LogP contribution in [0.4, 0.5) is 5.82 Å². The number of aromatic nitrogens is 4. The zero-order valence-electron chi connectivity index (χ0n) is 15.2. The average Bonchev–Trinajstić information content (AvgIpc) is 3.23. The number of benzene rings is 1. The second-order valence-electron chi connectivity index (χ2n) is 6.40. The van der Waals surface area contributed by atoms with Crippen LogP contribution in [0, 0.1) is 6.92 Å². The van der Waals surface area contributed by atoms with Gasteiger partial charge in [0.25, 0.3) is 0 Å². The van der Waals surface area contributed by atoms with Crippen molar-refractivity contribution in [3.05, 3.63) is 59.1 Å². The Morgan fingerprint density at radius 2 is 1.71 bits per heavy atom. The zero-order valence-corrected chi connectivity index (χ0v) is 17.6. The second-order valence-corrected chi connectivity index (χ2v) is 9.16. The van der Waals surface area contributed by atoms with E-state index in [1.54, 1.807) is 35.1 Å². The van der Waals surface area contributed by atoms with Crippen LogP contribution in [-0.2, 0) is 10.0 Å². The SMILES string of the molecule is Cc1nc(N2CCN(S(=O)(=O)c3ccccc3Br)CC2)cc(-n2cccn2)n1. The van der Waals surface area contributed by atoms with Crippen molar-refractivity contribution in [2.75, 3.05) is 31.1 Å². The fraction of sp³-hybridized carbons (Fsp3) is 0.278. The lowest BCUT2D eigenvalue weighted by Gasteiger charge is -2.35. The molecule has 1 aromatic carbocycles. The van der Waals surface area contributed by atoms with E-state index in [4.69, 9.17) is 0 Å². The van der Waals surface area contributed by atoms with Crippen LogP contribution in [0.25, 0.3) is 5.82 Å². The highest BCUT2D eigenvalue weighted by atomic mass is 79.9. The van der Waals surface area contributed by atoms with Crippen molar-refractivity contribution in [1.82, 2.24) is 24.1 Å². The quantitative estimate of drug-likeness (QED) is 0.590. The summed E-state index contributed by atoms with van der Waals surface area (Å²) in [6.45, 7) is 3.73. The van der Waals surface area contributed by atoms with E-state index in [2.05, 4.69) is 35.9 Å². The van der Waals surface area contributed by atoms with Gasteiger partial charge in [0.2, 0.25) is 10.0 Å². The Labute approximate surface area is 172 Å². The highest BCUT2D eigenvalue weighted by molar-refractivity contribution is 9.10. The Hall–Kier alpha value is -2.30. The molecule has 3 aromatic rings. The largest absolute Gasteiger partial charge is 0.354 e. The minimum absolute atomic E-state index is 0.294. The van der Waals surface area contributed by atoms with Gasteiger partial charge in [0.1, 0.15) is 11.6 Å². The molecule has 0 bridgehead atoms. The molecular weight excluding hydrogens is 444 g/mol. The van der Waals surface area contributed by atoms with Crippen LogP contribution in [0.5, 0.6) is 0 Å². The van der Waals surface area contributed by atoms with Crippen LogP contribution in [0.3, 0.4) is 0 Å². The first kappa shape index (κ1) is 19.0. The number of rotatable bonds is 4. The van der Waals surface area contributed by atoms with Gasteiger partial charge in [0, 0.05) is 49.1 Å². The Kier molecular flexibility index (Phi) is 5.17. The molecule has 1 fully saturated rings. The molecule has 4 rings (SSSR count). The molecule has 0 N–H and O–H groups in total. The van der Waals surface area contributed by atoms with Crippen molar-refractivity contribution in [3.8, 4) is 5.82 Å². The van der Waals surface area contributed by atoms with E-state index >= 15 is 0 Å². The minimum atomic E-state index is -3.54. The summed E-state index contributed by atoms with van der Waals surface area (Å²) < 4.78 is 29.7. The molecule has 2 aromatic heterocycles. The van der Waals surface area contributed by atoms with Gasteiger partial charge < -0.3 is 4.90 Å². The van der Waals surface area contributed by atoms with Gasteiger partial charge in [-0.1, -0.05) is 12.1 Å². The molecular formula is C18H19BrN6O2S. The third-order valence-corrected chi connectivity index (χ3v) is 7.48. The summed E-state index contributed by atoms with van der Waals surface area (Å²) in [5.74, 6) is 2.11. The summed E-state index contributed by atoms with van der Waals surface area (Å²) in [4.78, 5) is 11.3. The molecule has 0 amide bonds. The topological polar surface area (TPSA) is 84.2 Å². The first-order chi connectivity index (χ1) is 13.4. The number of hydrogen-bond acceptors (Lipinski definition) is 6. The van der Waals surface area contributed by atoms with Gasteiger partial charge in [-0.3, -0.25) is 0 Å². The van der Waals surface area contributed by atoms with E-state index in [0.29, 0.717) is 47.2 Å². The number of piperazine rings is 1. The maximum absolute atomic E-state index is 13.0. The molecule has 0 atom stereocenters. The van der Waals surface area contributed by atoms with Crippen LogP contribution in [0.1, 0.15) is 5.82 Å². The smallest absolute Gasteiger partial charge is 0.244 e. The molecule has 1 aliphatic heterocycles. The molecule has 0 aliphatic carbocycles. The molecule has 28 heavy (non-hydrogen) atoms. The number of anilines is 1. The van der Waals surface area contributed by atoms with Crippen molar-refractivity contribution in [2.45, 2.75) is 11.8 Å². The fourth-order valence-corrected chi connectivity index (χ4v) is 5.56. The summed E-state index contributed by atoms with van der Waals surface area (Å²) >= 11 is 3.34. The number of halogens is 1. The highest BCUT2D eigenvalue weighted by Crippen LogP contribution is 2.26. The summed E-state index contributed by atoms with van der Waals surface area (Å²) in [5.41, 5.74) is 0. The third kappa shape index (κ3) is 3.67. The zero-order chi connectivity index (χ0) is 19.7. The van der Waals surface area contributed by atoms with Gasteiger partial charge in [0.05, 0.1) is 4.90 Å². The van der Waals surface area contributed by atoms with Crippen molar-refractivity contribution < 1.29 is 8.42 Å². The van der Waals surface area contributed by atoms with Crippen molar-refractivity contribution in [3.63, 3.8) is 0 Å². The van der Waals surface area contributed by atoms with E-state index < -0.39 is 10.0 Å². The van der Waals surface area contributed by atoms with Gasteiger partial charge in [-0.25, -0.2) is 23.1 Å². The Morgan fingerprint density at radius 3 is 2.39 bits per heavy atom. The Bertz CT molecular complexity index is 1080. The summed E-state index contributed by atoms with van der Waals surface area (Å²) in [6.07, 6.45) is 3.52. The first-order valence-electron chi connectivity index (χ1n) is 8.80. The monoisotopic (exact) mass is 462 g/mol. The minimum Gasteiger partial charge on any atom is -0.354 e. The lowest BCUT2D eigenvalue weighted by molar-refractivity contribution is 0.383. The van der Waals surface area contributed by atoms with Gasteiger partial charge in [-0.15, -0.1) is 0 Å². The normalized spacial score (nSPS) is 15.7. The van der Waals surface area contributed by atoms with E-state index in [-0.39, 0.29) is 0 Å². The standard InChI is InChI=1S/C18H19BrN6O2S/c1-14-21-17(13-18(22-14)25-8-4-7-20-25)23-9-11-24(12-10-23)28(26,27)16-6-3-2-5-15(16)19/h2-8,13H,9-12H2,1H3. The molecule has 0 unspecified atom stereocenters. The van der Waals surface area contributed by atoms with E-state index in [9.17, 15) is 8.42 Å². The Morgan fingerprint density at radius 1 is 1.00 bits per heavy atom. The van der Waals surface area contributed by atoms with E-state index in [0.717, 1.165) is 5.82 Å². The average molecular weight is 463 g/mol. The van der Waals surface area contributed by atoms with Crippen molar-refractivity contribution >= 4 is 31.8 Å². The molecule has 10 heteroatoms. The molecule has 1 saturated heterocycles. The molecule has 0 saturated carbocycles. The predicted molar refractivity (Wildman–Crippen MR) is 109 cm³/mol. The molecule has 0 spiro atoms. The van der Waals surface area contributed by atoms with Gasteiger partial charge in [0.15, 0.2) is 5.82 Å². The van der Waals surface area contributed by atoms with E-state index in [1.807, 2.05) is 25.3 Å². The molecule has 146 valence electrons. The van der Waals surface area contributed by atoms with Crippen LogP contribution in [0.15, 0.2) is 58.2 Å². The highest BCUT2D eigenvalue weighted by Gasteiger charge is 2.30. The lowest BCUT2D eigenvalue weighted by Crippen LogP contribution is -2.49. The van der Waals surface area contributed by atoms with Crippen molar-refractivity contribution in [1.29, 1.82) is 0 Å². The van der Waals surface area contributed by atoms with Crippen molar-refractivity contribution in [2.24, 2.45) is 0 Å². The lowest BCUT2D eigenvalue weighted by atomic mass is 10.3. The summed E-state index contributed by atoms with van der Waals surface area (Å²) in [6, 6.07) is 10.6. The van der Waals surface area contributed by atoms with Gasteiger partial charge >= 0.3 is 0 Å². The van der Waals surface area contributed by atoms with Gasteiger partial charge in [-0.2, -0.15) is 9.40 Å². The molecule has 3 heterocycles. The number of sulfonamides is 1. The number of aryl methyl sites for hydroxylation is 1. The maximum Gasteiger partial charge on any atom is 0.244 e. The maximum atomic E-state index is 13.0. The summed E-state index contributed by atoms with van der Waals surface area (Å²) in [5, 5.41) is 4.22. The second kappa shape index (κ2) is 7.61.